The van der Waals surface area contributed by atoms with Gasteiger partial charge in [0.25, 0.3) is 0 Å². The Kier molecular flexibility index (Phi) is 2.51. The van der Waals surface area contributed by atoms with Crippen LogP contribution in [0.4, 0.5) is 0 Å². The number of para-hydroxylation sites is 1. The number of ether oxygens (including phenoxy) is 1. The summed E-state index contributed by atoms with van der Waals surface area (Å²) in [5, 5.41) is 0. The highest BCUT2D eigenvalue weighted by molar-refractivity contribution is 6.04. The van der Waals surface area contributed by atoms with E-state index in [1.54, 1.807) is 0 Å². The molecule has 2 heteroatoms. The summed E-state index contributed by atoms with van der Waals surface area (Å²) >= 11 is 0. The molecule has 1 aliphatic rings. The Bertz CT molecular complexity index is 378. The molecule has 1 saturated carbocycles. The van der Waals surface area contributed by atoms with E-state index >= 15 is 0 Å². The van der Waals surface area contributed by atoms with Crippen molar-refractivity contribution in [2.75, 3.05) is 6.61 Å². The molecular weight excluding hydrogens is 188 g/mol. The first-order valence-corrected chi connectivity index (χ1v) is 5.44. The molecule has 0 atom stereocenters. The third-order valence-electron chi connectivity index (χ3n) is 2.98. The summed E-state index contributed by atoms with van der Waals surface area (Å²) < 4.78 is 5.46. The van der Waals surface area contributed by atoms with Crippen LogP contribution in [0.2, 0.25) is 0 Å². The van der Waals surface area contributed by atoms with Crippen molar-refractivity contribution in [1.29, 1.82) is 0 Å². The molecule has 2 rings (SSSR count). The zero-order chi connectivity index (χ0) is 10.9. The molecule has 0 unspecified atom stereocenters. The number of carbonyl (C=O) groups is 1. The summed E-state index contributed by atoms with van der Waals surface area (Å²) in [5.74, 6) is 0.949. The van der Waals surface area contributed by atoms with E-state index in [2.05, 4.69) is 0 Å². The Morgan fingerprint density at radius 3 is 2.67 bits per heavy atom. The second-order valence-corrected chi connectivity index (χ2v) is 4.32. The van der Waals surface area contributed by atoms with Crippen molar-refractivity contribution < 1.29 is 9.53 Å². The normalized spacial score (nSPS) is 17.2. The molecule has 1 aliphatic carbocycles. The summed E-state index contributed by atoms with van der Waals surface area (Å²) in [7, 11) is 0. The molecule has 1 aromatic carbocycles. The number of hydrogen-bond donors (Lipinski definition) is 0. The third-order valence-corrected chi connectivity index (χ3v) is 2.98. The lowest BCUT2D eigenvalue weighted by Crippen LogP contribution is -2.13. The number of benzene rings is 1. The van der Waals surface area contributed by atoms with E-state index in [4.69, 9.17) is 4.74 Å². The second-order valence-electron chi connectivity index (χ2n) is 4.32. The summed E-state index contributed by atoms with van der Waals surface area (Å²) in [4.78, 5) is 12.1. The van der Waals surface area contributed by atoms with E-state index in [0.29, 0.717) is 6.61 Å². The van der Waals surface area contributed by atoms with Crippen LogP contribution in [0.3, 0.4) is 0 Å². The highest BCUT2D eigenvalue weighted by Crippen LogP contribution is 2.48. The van der Waals surface area contributed by atoms with Crippen LogP contribution < -0.4 is 4.74 Å². The Morgan fingerprint density at radius 1 is 1.40 bits per heavy atom. The van der Waals surface area contributed by atoms with E-state index in [0.717, 1.165) is 24.2 Å². The Balaban J connectivity index is 2.30. The van der Waals surface area contributed by atoms with E-state index in [9.17, 15) is 4.79 Å². The predicted octanol–water partition coefficient (Wildman–Crippen LogP) is 3.07. The maximum atomic E-state index is 12.1. The largest absolute Gasteiger partial charge is 0.493 e. The van der Waals surface area contributed by atoms with Gasteiger partial charge in [0.1, 0.15) is 5.75 Å². The van der Waals surface area contributed by atoms with E-state index in [-0.39, 0.29) is 11.2 Å². The first-order chi connectivity index (χ1) is 7.17. The van der Waals surface area contributed by atoms with Crippen molar-refractivity contribution in [2.24, 2.45) is 5.41 Å². The van der Waals surface area contributed by atoms with Crippen LogP contribution in [0.15, 0.2) is 24.3 Å². The van der Waals surface area contributed by atoms with Crippen molar-refractivity contribution in [1.82, 2.24) is 0 Å². The third kappa shape index (κ3) is 1.89. The van der Waals surface area contributed by atoms with Gasteiger partial charge in [-0.05, 0) is 31.9 Å². The Hall–Kier alpha value is -1.31. The minimum absolute atomic E-state index is 0.118. The van der Waals surface area contributed by atoms with Gasteiger partial charge in [-0.1, -0.05) is 19.1 Å². The van der Waals surface area contributed by atoms with Crippen LogP contribution in [0.25, 0.3) is 0 Å². The van der Waals surface area contributed by atoms with Crippen LogP contribution in [0, 0.1) is 5.41 Å². The monoisotopic (exact) mass is 204 g/mol. The van der Waals surface area contributed by atoms with E-state index in [1.807, 2.05) is 38.1 Å². The molecule has 0 aromatic heterocycles. The molecule has 1 fully saturated rings. The summed E-state index contributed by atoms with van der Waals surface area (Å²) in [6.45, 7) is 4.55. The molecule has 0 N–H and O–H groups in total. The second kappa shape index (κ2) is 3.69. The van der Waals surface area contributed by atoms with Crippen molar-refractivity contribution >= 4 is 5.78 Å². The Morgan fingerprint density at radius 2 is 2.07 bits per heavy atom. The van der Waals surface area contributed by atoms with Gasteiger partial charge in [0.2, 0.25) is 0 Å². The molecule has 0 radical (unpaired) electrons. The van der Waals surface area contributed by atoms with Gasteiger partial charge >= 0.3 is 0 Å². The fraction of sp³-hybridized carbons (Fsp3) is 0.462. The first kappa shape index (κ1) is 10.2. The molecule has 1 aromatic rings. The molecule has 0 spiro atoms. The highest BCUT2D eigenvalue weighted by atomic mass is 16.5. The van der Waals surface area contributed by atoms with Gasteiger partial charge in [0, 0.05) is 5.41 Å². The number of rotatable bonds is 4. The van der Waals surface area contributed by atoms with Crippen molar-refractivity contribution in [3.8, 4) is 5.75 Å². The van der Waals surface area contributed by atoms with Gasteiger partial charge in [-0.2, -0.15) is 0 Å². The molecule has 0 saturated heterocycles. The summed E-state index contributed by atoms with van der Waals surface area (Å²) in [5.41, 5.74) is 0.618. The van der Waals surface area contributed by atoms with Crippen molar-refractivity contribution in [3.63, 3.8) is 0 Å². The van der Waals surface area contributed by atoms with Gasteiger partial charge in [0.05, 0.1) is 12.2 Å². The number of hydrogen-bond acceptors (Lipinski definition) is 2. The summed E-state index contributed by atoms with van der Waals surface area (Å²) in [6, 6.07) is 7.51. The molecule has 2 nitrogen and oxygen atoms in total. The quantitative estimate of drug-likeness (QED) is 0.704. The standard InChI is InChI=1S/C13H16O2/c1-3-15-11-7-5-4-6-10(11)12(14)13(2)8-9-13/h4-7H,3,8-9H2,1-2H3. The van der Waals surface area contributed by atoms with Gasteiger partial charge in [0.15, 0.2) is 5.78 Å². The molecular formula is C13H16O2. The minimum atomic E-state index is -0.118. The maximum absolute atomic E-state index is 12.1. The highest BCUT2D eigenvalue weighted by Gasteiger charge is 2.45. The van der Waals surface area contributed by atoms with Crippen molar-refractivity contribution in [3.05, 3.63) is 29.8 Å². The number of carbonyl (C=O) groups excluding carboxylic acids is 1. The molecule has 0 heterocycles. The average Bonchev–Trinajstić information content (AvgIpc) is 2.98. The zero-order valence-electron chi connectivity index (χ0n) is 9.25. The SMILES string of the molecule is CCOc1ccccc1C(=O)C1(C)CC1. The predicted molar refractivity (Wildman–Crippen MR) is 59.3 cm³/mol. The lowest BCUT2D eigenvalue weighted by atomic mass is 9.96. The van der Waals surface area contributed by atoms with E-state index in [1.165, 1.54) is 0 Å². The minimum Gasteiger partial charge on any atom is -0.493 e. The fourth-order valence-corrected chi connectivity index (χ4v) is 1.68. The van der Waals surface area contributed by atoms with Crippen LogP contribution in [-0.2, 0) is 0 Å². The van der Waals surface area contributed by atoms with Crippen molar-refractivity contribution in [2.45, 2.75) is 26.7 Å². The first-order valence-electron chi connectivity index (χ1n) is 5.44. The topological polar surface area (TPSA) is 26.3 Å². The molecule has 80 valence electrons. The molecule has 0 aliphatic heterocycles. The van der Waals surface area contributed by atoms with Gasteiger partial charge in [-0.25, -0.2) is 0 Å². The maximum Gasteiger partial charge on any atom is 0.172 e. The van der Waals surface area contributed by atoms with E-state index < -0.39 is 0 Å². The molecule has 0 bridgehead atoms. The molecule has 0 amide bonds. The summed E-state index contributed by atoms with van der Waals surface area (Å²) in [6.07, 6.45) is 2.01. The fourth-order valence-electron chi connectivity index (χ4n) is 1.68. The van der Waals surface area contributed by atoms with Gasteiger partial charge in [-0.15, -0.1) is 0 Å². The molecule has 15 heavy (non-hydrogen) atoms. The number of ketones is 1. The lowest BCUT2D eigenvalue weighted by Gasteiger charge is -2.12. The smallest absolute Gasteiger partial charge is 0.172 e. The van der Waals surface area contributed by atoms with Crippen LogP contribution >= 0.6 is 0 Å². The van der Waals surface area contributed by atoms with Crippen LogP contribution in [0.1, 0.15) is 37.0 Å². The Labute approximate surface area is 90.3 Å². The number of Topliss-reactive ketones (excluding diaryl/α,β-unsaturated/α-hetero) is 1. The zero-order valence-corrected chi connectivity index (χ0v) is 9.25. The average molecular weight is 204 g/mol. The van der Waals surface area contributed by atoms with Crippen LogP contribution in [0.5, 0.6) is 5.75 Å². The van der Waals surface area contributed by atoms with Crippen LogP contribution in [-0.4, -0.2) is 12.4 Å². The van der Waals surface area contributed by atoms with Gasteiger partial charge < -0.3 is 4.74 Å². The lowest BCUT2D eigenvalue weighted by molar-refractivity contribution is 0.0908. The van der Waals surface area contributed by atoms with Gasteiger partial charge in [-0.3, -0.25) is 4.79 Å².